The highest BCUT2D eigenvalue weighted by Gasteiger charge is 2.32. The van der Waals surface area contributed by atoms with Gasteiger partial charge in [0, 0.05) is 34.8 Å². The van der Waals surface area contributed by atoms with Crippen LogP contribution < -0.4 is 4.90 Å². The first-order valence-electron chi connectivity index (χ1n) is 7.74. The van der Waals surface area contributed by atoms with Crippen molar-refractivity contribution in [3.8, 4) is 11.1 Å². The van der Waals surface area contributed by atoms with Gasteiger partial charge in [-0.3, -0.25) is 9.78 Å². The largest absolute Gasteiger partial charge is 0.310 e. The maximum atomic E-state index is 12.0. The van der Waals surface area contributed by atoms with E-state index in [9.17, 15) is 4.79 Å². The molecular formula is C19H14N2OS. The zero-order valence-corrected chi connectivity index (χ0v) is 13.3. The lowest BCUT2D eigenvalue weighted by Gasteiger charge is -2.25. The standard InChI is InChI=1S/C19H14N2OS/c22-18-11-23-17-8-14(7-12-5-6-21(18)19(12)17)16-10-20-9-13-3-1-2-4-15(13)16/h1-4,7-10H,5-6,11H2. The molecule has 0 saturated carbocycles. The maximum Gasteiger partial charge on any atom is 0.237 e. The maximum absolute atomic E-state index is 12.0. The van der Waals surface area contributed by atoms with Crippen molar-refractivity contribution in [2.24, 2.45) is 0 Å². The van der Waals surface area contributed by atoms with Gasteiger partial charge in [-0.2, -0.15) is 0 Å². The molecule has 4 heteroatoms. The van der Waals surface area contributed by atoms with Gasteiger partial charge in [0.25, 0.3) is 0 Å². The molecule has 3 aromatic rings. The first-order chi connectivity index (χ1) is 11.3. The summed E-state index contributed by atoms with van der Waals surface area (Å²) in [6.07, 6.45) is 4.80. The Bertz CT molecular complexity index is 961. The smallest absolute Gasteiger partial charge is 0.237 e. The van der Waals surface area contributed by atoms with Crippen molar-refractivity contribution < 1.29 is 4.79 Å². The molecule has 0 unspecified atom stereocenters. The lowest BCUT2D eigenvalue weighted by molar-refractivity contribution is -0.116. The molecule has 0 saturated heterocycles. The van der Waals surface area contributed by atoms with Gasteiger partial charge in [0.05, 0.1) is 11.4 Å². The Kier molecular flexibility index (Phi) is 2.76. The van der Waals surface area contributed by atoms with Crippen molar-refractivity contribution in [2.45, 2.75) is 11.3 Å². The van der Waals surface area contributed by atoms with Crippen LogP contribution in [0.2, 0.25) is 0 Å². The molecule has 3 nitrogen and oxygen atoms in total. The molecule has 0 fully saturated rings. The number of fused-ring (bicyclic) bond motifs is 1. The molecule has 3 heterocycles. The predicted molar refractivity (Wildman–Crippen MR) is 94.0 cm³/mol. The van der Waals surface area contributed by atoms with E-state index in [0.29, 0.717) is 5.75 Å². The first-order valence-corrected chi connectivity index (χ1v) is 8.73. The summed E-state index contributed by atoms with van der Waals surface area (Å²) in [6, 6.07) is 12.8. The number of carbonyl (C=O) groups excluding carboxylic acids is 1. The highest BCUT2D eigenvalue weighted by molar-refractivity contribution is 8.00. The predicted octanol–water partition coefficient (Wildman–Crippen LogP) is 3.90. The minimum atomic E-state index is 0.237. The van der Waals surface area contributed by atoms with Gasteiger partial charge in [-0.05, 0) is 35.1 Å². The van der Waals surface area contributed by atoms with Crippen molar-refractivity contribution in [1.29, 1.82) is 0 Å². The second-order valence-electron chi connectivity index (χ2n) is 5.97. The monoisotopic (exact) mass is 318 g/mol. The molecule has 1 aromatic heterocycles. The molecule has 5 rings (SSSR count). The fourth-order valence-electron chi connectivity index (χ4n) is 3.59. The van der Waals surface area contributed by atoms with Crippen LogP contribution >= 0.6 is 11.8 Å². The summed E-state index contributed by atoms with van der Waals surface area (Å²) < 4.78 is 0. The molecular weight excluding hydrogens is 304 g/mol. The lowest BCUT2D eigenvalue weighted by atomic mass is 9.98. The fourth-order valence-corrected chi connectivity index (χ4v) is 4.61. The number of rotatable bonds is 1. The Balaban J connectivity index is 1.75. The molecule has 112 valence electrons. The number of anilines is 1. The summed E-state index contributed by atoms with van der Waals surface area (Å²) in [6.45, 7) is 0.818. The van der Waals surface area contributed by atoms with E-state index in [1.54, 1.807) is 11.8 Å². The third-order valence-corrected chi connectivity index (χ3v) is 5.67. The number of benzene rings is 2. The summed E-state index contributed by atoms with van der Waals surface area (Å²) in [5.74, 6) is 0.782. The van der Waals surface area contributed by atoms with Crippen LogP contribution in [0.5, 0.6) is 0 Å². The van der Waals surface area contributed by atoms with Crippen LogP contribution in [0.3, 0.4) is 0 Å². The second kappa shape index (κ2) is 4.83. The summed E-state index contributed by atoms with van der Waals surface area (Å²) in [7, 11) is 0. The van der Waals surface area contributed by atoms with Crippen LogP contribution in [0.15, 0.2) is 53.7 Å². The van der Waals surface area contributed by atoms with Gasteiger partial charge in [0.1, 0.15) is 0 Å². The normalized spacial score (nSPS) is 16.0. The Morgan fingerprint density at radius 2 is 2.04 bits per heavy atom. The molecule has 2 aromatic carbocycles. The second-order valence-corrected chi connectivity index (χ2v) is 6.99. The Labute approximate surface area is 138 Å². The van der Waals surface area contributed by atoms with Gasteiger partial charge < -0.3 is 4.90 Å². The van der Waals surface area contributed by atoms with Gasteiger partial charge >= 0.3 is 0 Å². The topological polar surface area (TPSA) is 33.2 Å². The third kappa shape index (κ3) is 1.91. The average molecular weight is 318 g/mol. The van der Waals surface area contributed by atoms with E-state index in [2.05, 4.69) is 35.3 Å². The number of hydrogen-bond donors (Lipinski definition) is 0. The molecule has 0 atom stereocenters. The molecule has 0 spiro atoms. The number of pyridine rings is 1. The average Bonchev–Trinajstić information content (AvgIpc) is 3.03. The number of thioether (sulfide) groups is 1. The molecule has 0 N–H and O–H groups in total. The zero-order valence-electron chi connectivity index (χ0n) is 12.5. The van der Waals surface area contributed by atoms with Crippen LogP contribution in [0.1, 0.15) is 5.56 Å². The van der Waals surface area contributed by atoms with Crippen molar-refractivity contribution in [3.63, 3.8) is 0 Å². The summed E-state index contributed by atoms with van der Waals surface area (Å²) in [5, 5.41) is 2.38. The molecule has 23 heavy (non-hydrogen) atoms. The minimum Gasteiger partial charge on any atom is -0.310 e. The Hall–Kier alpha value is -2.33. The molecule has 0 radical (unpaired) electrons. The van der Waals surface area contributed by atoms with Crippen LogP contribution in [-0.2, 0) is 11.2 Å². The van der Waals surface area contributed by atoms with Crippen LogP contribution in [-0.4, -0.2) is 23.2 Å². The van der Waals surface area contributed by atoms with E-state index in [1.807, 2.05) is 23.4 Å². The van der Waals surface area contributed by atoms with Gasteiger partial charge in [-0.1, -0.05) is 24.3 Å². The fraction of sp³-hybridized carbons (Fsp3) is 0.158. The number of hydrogen-bond acceptors (Lipinski definition) is 3. The van der Waals surface area contributed by atoms with Gasteiger partial charge in [0.15, 0.2) is 0 Å². The summed E-state index contributed by atoms with van der Waals surface area (Å²) in [4.78, 5) is 19.6. The van der Waals surface area contributed by atoms with Crippen LogP contribution in [0, 0.1) is 0 Å². The molecule has 2 aliphatic heterocycles. The number of amides is 1. The van der Waals surface area contributed by atoms with E-state index in [4.69, 9.17) is 0 Å². The SMILES string of the molecule is O=C1CSc2cc(-c3cncc4ccccc34)cc3c2N1CC3. The van der Waals surface area contributed by atoms with Gasteiger partial charge in [0.2, 0.25) is 5.91 Å². The van der Waals surface area contributed by atoms with E-state index >= 15 is 0 Å². The number of carbonyl (C=O) groups is 1. The highest BCUT2D eigenvalue weighted by Crippen LogP contribution is 2.44. The lowest BCUT2D eigenvalue weighted by Crippen LogP contribution is -2.33. The van der Waals surface area contributed by atoms with Gasteiger partial charge in [-0.15, -0.1) is 11.8 Å². The van der Waals surface area contributed by atoms with Crippen LogP contribution in [0.25, 0.3) is 21.9 Å². The Morgan fingerprint density at radius 3 is 3.00 bits per heavy atom. The van der Waals surface area contributed by atoms with E-state index < -0.39 is 0 Å². The quantitative estimate of drug-likeness (QED) is 0.682. The molecule has 0 aliphatic carbocycles. The minimum absolute atomic E-state index is 0.237. The third-order valence-electron chi connectivity index (χ3n) is 4.66. The van der Waals surface area contributed by atoms with Crippen molar-refractivity contribution in [1.82, 2.24) is 4.98 Å². The molecule has 0 bridgehead atoms. The van der Waals surface area contributed by atoms with E-state index in [-0.39, 0.29) is 5.91 Å². The first kappa shape index (κ1) is 13.1. The van der Waals surface area contributed by atoms with Crippen molar-refractivity contribution in [2.75, 3.05) is 17.2 Å². The van der Waals surface area contributed by atoms with E-state index in [0.717, 1.165) is 29.6 Å². The summed E-state index contributed by atoms with van der Waals surface area (Å²) >= 11 is 1.66. The number of aromatic nitrogens is 1. The van der Waals surface area contributed by atoms with Gasteiger partial charge in [-0.25, -0.2) is 0 Å². The highest BCUT2D eigenvalue weighted by atomic mass is 32.2. The summed E-state index contributed by atoms with van der Waals surface area (Å²) in [5.41, 5.74) is 4.79. The molecule has 1 amide bonds. The molecule has 2 aliphatic rings. The number of nitrogens with zero attached hydrogens (tertiary/aromatic N) is 2. The van der Waals surface area contributed by atoms with Crippen LogP contribution in [0.4, 0.5) is 5.69 Å². The van der Waals surface area contributed by atoms with Crippen molar-refractivity contribution >= 4 is 34.1 Å². The Morgan fingerprint density at radius 1 is 1.13 bits per heavy atom. The van der Waals surface area contributed by atoms with Crippen molar-refractivity contribution in [3.05, 3.63) is 54.4 Å². The zero-order chi connectivity index (χ0) is 15.4. The van der Waals surface area contributed by atoms with E-state index in [1.165, 1.54) is 21.4 Å².